The number of benzene rings is 2. The Hall–Kier alpha value is -2.47. The Balaban J connectivity index is 1.90. The summed E-state index contributed by atoms with van der Waals surface area (Å²) < 4.78 is 5.80. The van der Waals surface area contributed by atoms with Crippen LogP contribution in [0, 0.1) is 18.3 Å². The van der Waals surface area contributed by atoms with Crippen molar-refractivity contribution in [1.82, 2.24) is 0 Å². The zero-order chi connectivity index (χ0) is 14.7. The molecule has 1 heterocycles. The SMILES string of the molecule is Cc1cc(C#N)ccc1CN1CCCOc2ccccc21. The van der Waals surface area contributed by atoms with Crippen LogP contribution in [0.1, 0.15) is 23.1 Å². The van der Waals surface area contributed by atoms with E-state index < -0.39 is 0 Å². The molecule has 2 aromatic rings. The lowest BCUT2D eigenvalue weighted by Gasteiger charge is -2.24. The van der Waals surface area contributed by atoms with Gasteiger partial charge in [-0.05, 0) is 48.7 Å². The van der Waals surface area contributed by atoms with Crippen LogP contribution >= 0.6 is 0 Å². The molecule has 2 aromatic carbocycles. The molecule has 0 aliphatic carbocycles. The van der Waals surface area contributed by atoms with Crippen molar-refractivity contribution in [3.63, 3.8) is 0 Å². The molecular formula is C18H18N2O. The molecule has 3 heteroatoms. The van der Waals surface area contributed by atoms with Crippen LogP contribution in [0.2, 0.25) is 0 Å². The number of hydrogen-bond donors (Lipinski definition) is 0. The molecule has 0 aromatic heterocycles. The van der Waals surface area contributed by atoms with Crippen molar-refractivity contribution in [2.45, 2.75) is 19.9 Å². The number of ether oxygens (including phenoxy) is 1. The van der Waals surface area contributed by atoms with Gasteiger partial charge in [0, 0.05) is 13.1 Å². The molecular weight excluding hydrogens is 260 g/mol. The first-order valence-corrected chi connectivity index (χ1v) is 7.24. The van der Waals surface area contributed by atoms with Gasteiger partial charge in [0.05, 0.1) is 23.9 Å². The fourth-order valence-electron chi connectivity index (χ4n) is 2.71. The number of anilines is 1. The van der Waals surface area contributed by atoms with E-state index in [0.717, 1.165) is 48.7 Å². The second kappa shape index (κ2) is 5.88. The summed E-state index contributed by atoms with van der Waals surface area (Å²) in [4.78, 5) is 2.36. The summed E-state index contributed by atoms with van der Waals surface area (Å²) in [7, 11) is 0. The molecule has 106 valence electrons. The van der Waals surface area contributed by atoms with E-state index in [1.54, 1.807) is 0 Å². The normalized spacial score (nSPS) is 13.8. The van der Waals surface area contributed by atoms with E-state index >= 15 is 0 Å². The van der Waals surface area contributed by atoms with E-state index in [4.69, 9.17) is 10.00 Å². The maximum Gasteiger partial charge on any atom is 0.142 e. The highest BCUT2D eigenvalue weighted by atomic mass is 16.5. The summed E-state index contributed by atoms with van der Waals surface area (Å²) >= 11 is 0. The molecule has 3 nitrogen and oxygen atoms in total. The molecule has 0 saturated carbocycles. The molecule has 0 atom stereocenters. The van der Waals surface area contributed by atoms with E-state index in [0.29, 0.717) is 0 Å². The molecule has 0 saturated heterocycles. The van der Waals surface area contributed by atoms with Crippen LogP contribution in [0.3, 0.4) is 0 Å². The van der Waals surface area contributed by atoms with Crippen molar-refractivity contribution < 1.29 is 4.74 Å². The number of rotatable bonds is 2. The van der Waals surface area contributed by atoms with Gasteiger partial charge >= 0.3 is 0 Å². The highest BCUT2D eigenvalue weighted by Crippen LogP contribution is 2.31. The monoisotopic (exact) mass is 278 g/mol. The van der Waals surface area contributed by atoms with Gasteiger partial charge in [0.15, 0.2) is 0 Å². The molecule has 0 unspecified atom stereocenters. The van der Waals surface area contributed by atoms with Crippen molar-refractivity contribution in [2.75, 3.05) is 18.1 Å². The summed E-state index contributed by atoms with van der Waals surface area (Å²) in [6.45, 7) is 4.66. The Kier molecular flexibility index (Phi) is 3.79. The Morgan fingerprint density at radius 3 is 2.90 bits per heavy atom. The Bertz CT molecular complexity index is 688. The zero-order valence-corrected chi connectivity index (χ0v) is 12.2. The third-order valence-corrected chi connectivity index (χ3v) is 3.87. The Morgan fingerprint density at radius 2 is 2.10 bits per heavy atom. The lowest BCUT2D eigenvalue weighted by atomic mass is 10.0. The second-order valence-corrected chi connectivity index (χ2v) is 5.34. The summed E-state index contributed by atoms with van der Waals surface area (Å²) in [6, 6.07) is 16.3. The predicted octanol–water partition coefficient (Wildman–Crippen LogP) is 3.66. The van der Waals surface area contributed by atoms with Gasteiger partial charge in [-0.2, -0.15) is 5.26 Å². The summed E-state index contributed by atoms with van der Waals surface area (Å²) in [5.41, 5.74) is 4.29. The van der Waals surface area contributed by atoms with Crippen LogP contribution in [0.25, 0.3) is 0 Å². The van der Waals surface area contributed by atoms with Crippen molar-refractivity contribution >= 4 is 5.69 Å². The van der Waals surface area contributed by atoms with Gasteiger partial charge in [0.2, 0.25) is 0 Å². The minimum atomic E-state index is 0.718. The minimum absolute atomic E-state index is 0.718. The first-order chi connectivity index (χ1) is 10.3. The van der Waals surface area contributed by atoms with E-state index in [1.165, 1.54) is 5.56 Å². The molecule has 0 spiro atoms. The average Bonchev–Trinajstić information content (AvgIpc) is 2.72. The number of hydrogen-bond acceptors (Lipinski definition) is 3. The third kappa shape index (κ3) is 2.85. The molecule has 21 heavy (non-hydrogen) atoms. The minimum Gasteiger partial charge on any atom is -0.491 e. The Morgan fingerprint density at radius 1 is 1.24 bits per heavy atom. The summed E-state index contributed by atoms with van der Waals surface area (Å²) in [5.74, 6) is 0.960. The van der Waals surface area contributed by atoms with Crippen LogP contribution < -0.4 is 9.64 Å². The van der Waals surface area contributed by atoms with Crippen LogP contribution in [0.15, 0.2) is 42.5 Å². The van der Waals surface area contributed by atoms with Gasteiger partial charge in [0.1, 0.15) is 5.75 Å². The quantitative estimate of drug-likeness (QED) is 0.841. The predicted molar refractivity (Wildman–Crippen MR) is 83.5 cm³/mol. The topological polar surface area (TPSA) is 36.3 Å². The van der Waals surface area contributed by atoms with Crippen molar-refractivity contribution in [1.29, 1.82) is 5.26 Å². The first kappa shape index (κ1) is 13.5. The molecule has 0 bridgehead atoms. The fraction of sp³-hybridized carbons (Fsp3) is 0.278. The first-order valence-electron chi connectivity index (χ1n) is 7.24. The van der Waals surface area contributed by atoms with Crippen molar-refractivity contribution in [3.05, 3.63) is 59.2 Å². The van der Waals surface area contributed by atoms with Gasteiger partial charge in [-0.1, -0.05) is 18.2 Å². The molecule has 1 aliphatic rings. The van der Waals surface area contributed by atoms with E-state index in [9.17, 15) is 0 Å². The van der Waals surface area contributed by atoms with E-state index in [1.807, 2.05) is 30.3 Å². The van der Waals surface area contributed by atoms with Crippen molar-refractivity contribution in [2.24, 2.45) is 0 Å². The molecule has 3 rings (SSSR count). The molecule has 0 radical (unpaired) electrons. The lowest BCUT2D eigenvalue weighted by molar-refractivity contribution is 0.322. The zero-order valence-electron chi connectivity index (χ0n) is 12.2. The second-order valence-electron chi connectivity index (χ2n) is 5.34. The van der Waals surface area contributed by atoms with Gasteiger partial charge in [-0.3, -0.25) is 0 Å². The standard InChI is InChI=1S/C18H18N2O/c1-14-11-15(12-19)7-8-16(14)13-20-9-4-10-21-18-6-3-2-5-17(18)20/h2-3,5-8,11H,4,9-10,13H2,1H3. The van der Waals surface area contributed by atoms with E-state index in [-0.39, 0.29) is 0 Å². The number of fused-ring (bicyclic) bond motifs is 1. The van der Waals surface area contributed by atoms with Gasteiger partial charge in [0.25, 0.3) is 0 Å². The number of nitrogens with zero attached hydrogens (tertiary/aromatic N) is 2. The van der Waals surface area contributed by atoms with Gasteiger partial charge in [-0.15, -0.1) is 0 Å². The highest BCUT2D eigenvalue weighted by molar-refractivity contribution is 5.59. The molecule has 1 aliphatic heterocycles. The highest BCUT2D eigenvalue weighted by Gasteiger charge is 2.16. The Labute approximate surface area is 125 Å². The van der Waals surface area contributed by atoms with Crippen molar-refractivity contribution in [3.8, 4) is 11.8 Å². The molecule has 0 fully saturated rings. The summed E-state index contributed by atoms with van der Waals surface area (Å²) in [6.07, 6.45) is 1.02. The van der Waals surface area contributed by atoms with Crippen LogP contribution in [0.4, 0.5) is 5.69 Å². The average molecular weight is 278 g/mol. The third-order valence-electron chi connectivity index (χ3n) is 3.87. The smallest absolute Gasteiger partial charge is 0.142 e. The van der Waals surface area contributed by atoms with Gasteiger partial charge in [-0.25, -0.2) is 0 Å². The van der Waals surface area contributed by atoms with Crippen LogP contribution in [-0.2, 0) is 6.54 Å². The van der Waals surface area contributed by atoms with Gasteiger partial charge < -0.3 is 9.64 Å². The number of nitriles is 1. The summed E-state index contributed by atoms with van der Waals surface area (Å²) in [5, 5.41) is 8.96. The largest absolute Gasteiger partial charge is 0.491 e. The molecule has 0 amide bonds. The van der Waals surface area contributed by atoms with E-state index in [2.05, 4.69) is 30.0 Å². The molecule has 0 N–H and O–H groups in total. The number of aryl methyl sites for hydroxylation is 1. The lowest BCUT2D eigenvalue weighted by Crippen LogP contribution is -2.23. The van der Waals surface area contributed by atoms with Crippen LogP contribution in [0.5, 0.6) is 5.75 Å². The maximum atomic E-state index is 8.96. The number of para-hydroxylation sites is 2. The maximum absolute atomic E-state index is 8.96. The van der Waals surface area contributed by atoms with Crippen LogP contribution in [-0.4, -0.2) is 13.2 Å². The fourth-order valence-corrected chi connectivity index (χ4v) is 2.71.